The zero-order chi connectivity index (χ0) is 16.8. The van der Waals surface area contributed by atoms with Gasteiger partial charge in [0.1, 0.15) is 5.75 Å². The van der Waals surface area contributed by atoms with Crippen molar-refractivity contribution in [3.63, 3.8) is 0 Å². The van der Waals surface area contributed by atoms with Gasteiger partial charge >= 0.3 is 5.97 Å². The molecule has 0 aliphatic heterocycles. The number of anilines is 1. The molecule has 0 unspecified atom stereocenters. The van der Waals surface area contributed by atoms with Crippen molar-refractivity contribution >= 4 is 29.2 Å². The summed E-state index contributed by atoms with van der Waals surface area (Å²) in [5.74, 6) is -0.885. The molecule has 0 aliphatic rings. The minimum atomic E-state index is -1.16. The lowest BCUT2D eigenvalue weighted by molar-refractivity contribution is 0.0698. The fourth-order valence-electron chi connectivity index (χ4n) is 1.92. The number of carbonyl (C=O) groups excluding carboxylic acids is 1. The zero-order valence-electron chi connectivity index (χ0n) is 12.5. The Hall–Kier alpha value is -2.53. The predicted molar refractivity (Wildman–Crippen MR) is 88.6 cm³/mol. The van der Waals surface area contributed by atoms with E-state index in [2.05, 4.69) is 5.32 Å². The molecule has 2 N–H and O–H groups in total. The molecule has 0 radical (unpaired) electrons. The number of rotatable bonds is 6. The number of carbonyl (C=O) groups is 2. The maximum absolute atomic E-state index is 12.2. The average molecular weight is 334 g/mol. The second-order valence-electron chi connectivity index (χ2n) is 4.82. The lowest BCUT2D eigenvalue weighted by Crippen LogP contribution is -2.14. The van der Waals surface area contributed by atoms with Crippen molar-refractivity contribution in [2.75, 3.05) is 11.9 Å². The Morgan fingerprint density at radius 1 is 1.17 bits per heavy atom. The van der Waals surface area contributed by atoms with Crippen molar-refractivity contribution in [1.29, 1.82) is 0 Å². The van der Waals surface area contributed by atoms with Crippen molar-refractivity contribution in [3.05, 3.63) is 58.6 Å². The van der Waals surface area contributed by atoms with E-state index in [4.69, 9.17) is 21.4 Å². The van der Waals surface area contributed by atoms with Gasteiger partial charge in [-0.05, 0) is 48.9 Å². The van der Waals surface area contributed by atoms with Crippen LogP contribution in [0, 0.1) is 0 Å². The van der Waals surface area contributed by atoms with Crippen molar-refractivity contribution in [2.24, 2.45) is 0 Å². The molecular formula is C17H16ClNO4. The summed E-state index contributed by atoms with van der Waals surface area (Å²) in [4.78, 5) is 23.4. The van der Waals surface area contributed by atoms with Crippen LogP contribution in [-0.2, 0) is 0 Å². The van der Waals surface area contributed by atoms with Gasteiger partial charge in [0.15, 0.2) is 0 Å². The lowest BCUT2D eigenvalue weighted by Gasteiger charge is -2.10. The van der Waals surface area contributed by atoms with Crippen LogP contribution in [-0.4, -0.2) is 23.6 Å². The Morgan fingerprint density at radius 2 is 1.87 bits per heavy atom. The monoisotopic (exact) mass is 333 g/mol. The minimum absolute atomic E-state index is 0.0613. The number of carboxylic acids is 1. The van der Waals surface area contributed by atoms with Crippen LogP contribution in [0.3, 0.4) is 0 Å². The van der Waals surface area contributed by atoms with Crippen LogP contribution in [0.15, 0.2) is 42.5 Å². The van der Waals surface area contributed by atoms with Gasteiger partial charge in [-0.1, -0.05) is 18.5 Å². The Kier molecular flexibility index (Phi) is 5.60. The average Bonchev–Trinajstić information content (AvgIpc) is 2.54. The van der Waals surface area contributed by atoms with Crippen LogP contribution in [0.2, 0.25) is 5.02 Å². The van der Waals surface area contributed by atoms with E-state index in [0.717, 1.165) is 6.42 Å². The molecule has 0 bridgehead atoms. The first-order chi connectivity index (χ1) is 11.0. The quantitative estimate of drug-likeness (QED) is 0.835. The van der Waals surface area contributed by atoms with E-state index in [1.54, 1.807) is 24.3 Å². The molecule has 0 saturated carbocycles. The Bertz CT molecular complexity index is 713. The van der Waals surface area contributed by atoms with Crippen LogP contribution >= 0.6 is 11.6 Å². The fourth-order valence-corrected chi connectivity index (χ4v) is 2.09. The number of benzene rings is 2. The number of amides is 1. The van der Waals surface area contributed by atoms with Crippen molar-refractivity contribution < 1.29 is 19.4 Å². The van der Waals surface area contributed by atoms with Gasteiger partial charge in [0.2, 0.25) is 0 Å². The topological polar surface area (TPSA) is 75.6 Å². The van der Waals surface area contributed by atoms with Gasteiger partial charge in [-0.2, -0.15) is 0 Å². The second-order valence-corrected chi connectivity index (χ2v) is 5.26. The molecule has 0 aromatic heterocycles. The summed E-state index contributed by atoms with van der Waals surface area (Å²) in [5.41, 5.74) is 0.534. The molecule has 2 rings (SSSR count). The van der Waals surface area contributed by atoms with Crippen LogP contribution in [0.25, 0.3) is 0 Å². The maximum Gasteiger partial charge on any atom is 0.337 e. The molecule has 0 fully saturated rings. The van der Waals surface area contributed by atoms with E-state index < -0.39 is 11.9 Å². The number of halogens is 1. The third-order valence-corrected chi connectivity index (χ3v) is 3.28. The third-order valence-electron chi connectivity index (χ3n) is 3.05. The molecule has 0 saturated heterocycles. The first kappa shape index (κ1) is 16.8. The largest absolute Gasteiger partial charge is 0.494 e. The molecule has 120 valence electrons. The van der Waals surface area contributed by atoms with Crippen LogP contribution < -0.4 is 10.1 Å². The van der Waals surface area contributed by atoms with Crippen molar-refractivity contribution in [1.82, 2.24) is 0 Å². The minimum Gasteiger partial charge on any atom is -0.494 e. The number of carboxylic acid groups (broad SMARTS) is 1. The summed E-state index contributed by atoms with van der Waals surface area (Å²) in [5, 5.41) is 12.0. The highest BCUT2D eigenvalue weighted by atomic mass is 35.5. The first-order valence-electron chi connectivity index (χ1n) is 7.08. The number of hydrogen-bond donors (Lipinski definition) is 2. The molecule has 0 atom stereocenters. The van der Waals surface area contributed by atoms with Crippen LogP contribution in [0.4, 0.5) is 5.69 Å². The van der Waals surface area contributed by atoms with Gasteiger partial charge in [-0.15, -0.1) is 0 Å². The Morgan fingerprint density at radius 3 is 2.48 bits per heavy atom. The highest BCUT2D eigenvalue weighted by molar-refractivity contribution is 6.31. The van der Waals surface area contributed by atoms with E-state index in [0.29, 0.717) is 17.9 Å². The normalized spacial score (nSPS) is 10.2. The van der Waals surface area contributed by atoms with Gasteiger partial charge in [-0.3, -0.25) is 4.79 Å². The lowest BCUT2D eigenvalue weighted by atomic mass is 10.1. The molecule has 5 nitrogen and oxygen atoms in total. The van der Waals surface area contributed by atoms with E-state index in [-0.39, 0.29) is 16.3 Å². The van der Waals surface area contributed by atoms with Gasteiger partial charge in [-0.25, -0.2) is 4.79 Å². The number of aromatic carboxylic acids is 1. The van der Waals surface area contributed by atoms with Gasteiger partial charge in [0, 0.05) is 10.6 Å². The number of nitrogens with one attached hydrogen (secondary N) is 1. The van der Waals surface area contributed by atoms with Gasteiger partial charge in [0.25, 0.3) is 5.91 Å². The van der Waals surface area contributed by atoms with Crippen LogP contribution in [0.5, 0.6) is 5.75 Å². The Balaban J connectivity index is 2.14. The summed E-state index contributed by atoms with van der Waals surface area (Å²) in [7, 11) is 0. The summed E-state index contributed by atoms with van der Waals surface area (Å²) >= 11 is 5.78. The van der Waals surface area contributed by atoms with E-state index >= 15 is 0 Å². The third kappa shape index (κ3) is 4.47. The smallest absolute Gasteiger partial charge is 0.337 e. The SMILES string of the molecule is CCCOc1ccc(C(=O)Nc2ccc(Cl)cc2C(=O)O)cc1. The second kappa shape index (κ2) is 7.65. The molecule has 2 aromatic rings. The molecular weight excluding hydrogens is 318 g/mol. The van der Waals surface area contributed by atoms with E-state index in [9.17, 15) is 9.59 Å². The highest BCUT2D eigenvalue weighted by Crippen LogP contribution is 2.22. The maximum atomic E-state index is 12.2. The highest BCUT2D eigenvalue weighted by Gasteiger charge is 2.14. The summed E-state index contributed by atoms with van der Waals surface area (Å²) in [6.07, 6.45) is 0.900. The molecule has 1 amide bonds. The molecule has 2 aromatic carbocycles. The van der Waals surface area contributed by atoms with E-state index in [1.165, 1.54) is 18.2 Å². The van der Waals surface area contributed by atoms with Crippen molar-refractivity contribution in [2.45, 2.75) is 13.3 Å². The molecule has 0 aliphatic carbocycles. The first-order valence-corrected chi connectivity index (χ1v) is 7.46. The summed E-state index contributed by atoms with van der Waals surface area (Å²) in [6.45, 7) is 2.62. The number of hydrogen-bond acceptors (Lipinski definition) is 3. The summed E-state index contributed by atoms with van der Waals surface area (Å²) < 4.78 is 5.45. The van der Waals surface area contributed by atoms with E-state index in [1.807, 2.05) is 6.92 Å². The molecule has 0 spiro atoms. The van der Waals surface area contributed by atoms with Crippen molar-refractivity contribution in [3.8, 4) is 5.75 Å². The summed E-state index contributed by atoms with van der Waals surface area (Å²) in [6, 6.07) is 10.9. The van der Waals surface area contributed by atoms with Crippen LogP contribution in [0.1, 0.15) is 34.1 Å². The Labute approximate surface area is 138 Å². The molecule has 23 heavy (non-hydrogen) atoms. The molecule has 6 heteroatoms. The van der Waals surface area contributed by atoms with Gasteiger partial charge < -0.3 is 15.2 Å². The molecule has 0 heterocycles. The van der Waals surface area contributed by atoms with Gasteiger partial charge in [0.05, 0.1) is 17.9 Å². The number of ether oxygens (including phenoxy) is 1. The standard InChI is InChI=1S/C17H16ClNO4/c1-2-9-23-13-6-3-11(4-7-13)16(20)19-15-8-5-12(18)10-14(15)17(21)22/h3-8,10H,2,9H2,1H3,(H,19,20)(H,21,22). The fraction of sp³-hybridized carbons (Fsp3) is 0.176. The predicted octanol–water partition coefficient (Wildman–Crippen LogP) is 4.08. The zero-order valence-corrected chi connectivity index (χ0v) is 13.3.